The molecule has 2 N–H and O–H groups in total. The quantitative estimate of drug-likeness (QED) is 0.497. The van der Waals surface area contributed by atoms with Crippen molar-refractivity contribution in [3.63, 3.8) is 0 Å². The Morgan fingerprint density at radius 2 is 2.31 bits per heavy atom. The van der Waals surface area contributed by atoms with Crippen LogP contribution < -0.4 is 10.8 Å². The summed E-state index contributed by atoms with van der Waals surface area (Å²) in [5.74, 6) is 5.13. The first-order valence-corrected chi connectivity index (χ1v) is 5.16. The molecule has 5 nitrogen and oxygen atoms in total. The summed E-state index contributed by atoms with van der Waals surface area (Å²) in [4.78, 5) is 12.9. The summed E-state index contributed by atoms with van der Waals surface area (Å²) < 4.78 is 5.23. The van der Waals surface area contributed by atoms with E-state index in [0.29, 0.717) is 18.4 Å². The Bertz CT molecular complexity index is 409. The molecule has 6 heteroatoms. The lowest BCUT2D eigenvalue weighted by Gasteiger charge is -2.15. The Kier molecular flexibility index (Phi) is 3.74. The second-order valence-electron chi connectivity index (χ2n) is 3.22. The lowest BCUT2D eigenvalue weighted by atomic mass is 10.0. The Morgan fingerprint density at radius 1 is 1.44 bits per heavy atom. The van der Waals surface area contributed by atoms with Crippen LogP contribution in [0.15, 0.2) is 18.2 Å². The monoisotopic (exact) mass is 242 g/mol. The summed E-state index contributed by atoms with van der Waals surface area (Å²) in [7, 11) is 0. The number of nitrogens with two attached hydrogens (primary N) is 1. The molecule has 0 saturated carbocycles. The number of pyridine rings is 1. The van der Waals surface area contributed by atoms with Crippen LogP contribution >= 0.6 is 11.6 Å². The van der Waals surface area contributed by atoms with Gasteiger partial charge in [-0.05, 0) is 24.1 Å². The van der Waals surface area contributed by atoms with Crippen molar-refractivity contribution >= 4 is 17.2 Å². The molecule has 0 saturated heterocycles. The largest absolute Gasteiger partial charge is 0.377 e. The summed E-state index contributed by atoms with van der Waals surface area (Å²) in [6.45, 7) is 1.26. The van der Waals surface area contributed by atoms with Crippen molar-refractivity contribution in [2.24, 2.45) is 5.90 Å². The van der Waals surface area contributed by atoms with Gasteiger partial charge < -0.3 is 4.74 Å². The van der Waals surface area contributed by atoms with Gasteiger partial charge in [0.25, 0.3) is 5.88 Å². The van der Waals surface area contributed by atoms with E-state index in [1.165, 1.54) is 0 Å². The van der Waals surface area contributed by atoms with Gasteiger partial charge in [-0.2, -0.15) is 10.9 Å². The van der Waals surface area contributed by atoms with E-state index in [-0.39, 0.29) is 5.88 Å². The van der Waals surface area contributed by atoms with Gasteiger partial charge >= 0.3 is 0 Å². The van der Waals surface area contributed by atoms with E-state index in [4.69, 9.17) is 27.1 Å². The highest BCUT2D eigenvalue weighted by molar-refractivity contribution is 6.29. The highest BCUT2D eigenvalue weighted by Gasteiger charge is 2.14. The van der Waals surface area contributed by atoms with E-state index in [0.717, 1.165) is 17.6 Å². The van der Waals surface area contributed by atoms with Gasteiger partial charge in [0.2, 0.25) is 0 Å². The molecule has 0 amide bonds. The van der Waals surface area contributed by atoms with Crippen LogP contribution in [0, 0.1) is 0 Å². The van der Waals surface area contributed by atoms with Crippen molar-refractivity contribution in [1.82, 2.24) is 4.98 Å². The topological polar surface area (TPSA) is 66.6 Å². The summed E-state index contributed by atoms with van der Waals surface area (Å²) in [5, 5.41) is 0.323. The summed E-state index contributed by atoms with van der Waals surface area (Å²) in [6, 6.07) is 3.51. The standard InChI is InChI=1S/C10H11ClN2O3/c11-9-2-1-8(10(13-9)15-16-12)7-3-5-14-6-4-7/h1-3H,4-6,12H2. The van der Waals surface area contributed by atoms with E-state index in [1.54, 1.807) is 6.07 Å². The second kappa shape index (κ2) is 5.27. The Morgan fingerprint density at radius 3 is 3.00 bits per heavy atom. The normalized spacial score (nSPS) is 15.8. The fourth-order valence-corrected chi connectivity index (χ4v) is 1.68. The van der Waals surface area contributed by atoms with Crippen LogP contribution in [0.1, 0.15) is 12.0 Å². The molecule has 0 atom stereocenters. The average Bonchev–Trinajstić information content (AvgIpc) is 2.31. The molecule has 0 bridgehead atoms. The number of rotatable bonds is 3. The number of nitrogens with zero attached hydrogens (tertiary/aromatic N) is 1. The molecule has 1 aromatic heterocycles. The van der Waals surface area contributed by atoms with Crippen molar-refractivity contribution < 1.29 is 14.6 Å². The number of hydrogen-bond acceptors (Lipinski definition) is 5. The van der Waals surface area contributed by atoms with Gasteiger partial charge in [0, 0.05) is 5.56 Å². The van der Waals surface area contributed by atoms with Crippen molar-refractivity contribution in [2.75, 3.05) is 13.2 Å². The molecule has 0 radical (unpaired) electrons. The maximum Gasteiger partial charge on any atom is 0.267 e. The minimum Gasteiger partial charge on any atom is -0.377 e. The van der Waals surface area contributed by atoms with Crippen LogP contribution in [-0.2, 0) is 9.73 Å². The molecule has 0 aromatic carbocycles. The van der Waals surface area contributed by atoms with Crippen molar-refractivity contribution in [2.45, 2.75) is 6.42 Å². The molecule has 1 aliphatic heterocycles. The molecular formula is C10H11ClN2O3. The molecular weight excluding hydrogens is 232 g/mol. The fraction of sp³-hybridized carbons (Fsp3) is 0.300. The zero-order valence-electron chi connectivity index (χ0n) is 8.48. The predicted molar refractivity (Wildman–Crippen MR) is 58.6 cm³/mol. The van der Waals surface area contributed by atoms with Gasteiger partial charge in [0.15, 0.2) is 0 Å². The SMILES string of the molecule is NOOc1nc(Cl)ccc1C1=CCOCC1. The van der Waals surface area contributed by atoms with Crippen LogP contribution in [0.4, 0.5) is 0 Å². The first-order valence-electron chi connectivity index (χ1n) is 4.78. The third-order valence-electron chi connectivity index (χ3n) is 2.26. The summed E-state index contributed by atoms with van der Waals surface area (Å²) >= 11 is 5.76. The van der Waals surface area contributed by atoms with Gasteiger partial charge in [-0.3, -0.25) is 4.89 Å². The van der Waals surface area contributed by atoms with E-state index < -0.39 is 0 Å². The number of hydrogen-bond donors (Lipinski definition) is 1. The zero-order valence-corrected chi connectivity index (χ0v) is 9.24. The molecule has 0 aliphatic carbocycles. The van der Waals surface area contributed by atoms with Gasteiger partial charge in [-0.15, -0.1) is 0 Å². The lowest BCUT2D eigenvalue weighted by molar-refractivity contribution is -0.214. The van der Waals surface area contributed by atoms with Crippen LogP contribution in [0.5, 0.6) is 5.88 Å². The Labute approximate surface area is 97.6 Å². The van der Waals surface area contributed by atoms with E-state index in [1.807, 2.05) is 12.1 Å². The molecule has 2 rings (SSSR count). The lowest BCUT2D eigenvalue weighted by Crippen LogP contribution is -2.09. The second-order valence-corrected chi connectivity index (χ2v) is 3.61. The number of halogens is 1. The van der Waals surface area contributed by atoms with Crippen LogP contribution in [-0.4, -0.2) is 18.2 Å². The summed E-state index contributed by atoms with van der Waals surface area (Å²) in [5.41, 5.74) is 1.90. The average molecular weight is 243 g/mol. The Balaban J connectivity index is 2.34. The zero-order chi connectivity index (χ0) is 11.4. The minimum absolute atomic E-state index is 0.267. The van der Waals surface area contributed by atoms with E-state index in [2.05, 4.69) is 9.97 Å². The fourth-order valence-electron chi connectivity index (χ4n) is 1.54. The third kappa shape index (κ3) is 2.51. The van der Waals surface area contributed by atoms with Crippen LogP contribution in [0.25, 0.3) is 5.57 Å². The van der Waals surface area contributed by atoms with E-state index in [9.17, 15) is 0 Å². The maximum absolute atomic E-state index is 5.76. The molecule has 1 aliphatic rings. The first-order chi connectivity index (χ1) is 7.81. The number of aromatic nitrogens is 1. The first kappa shape index (κ1) is 11.3. The van der Waals surface area contributed by atoms with Crippen LogP contribution in [0.2, 0.25) is 5.15 Å². The molecule has 86 valence electrons. The molecule has 1 aromatic rings. The predicted octanol–water partition coefficient (Wildman–Crippen LogP) is 1.72. The highest BCUT2D eigenvalue weighted by atomic mass is 35.5. The summed E-state index contributed by atoms with van der Waals surface area (Å²) in [6.07, 6.45) is 2.77. The minimum atomic E-state index is 0.267. The maximum atomic E-state index is 5.76. The number of ether oxygens (including phenoxy) is 1. The van der Waals surface area contributed by atoms with Gasteiger partial charge in [0.05, 0.1) is 13.2 Å². The molecule has 0 fully saturated rings. The van der Waals surface area contributed by atoms with Gasteiger partial charge in [-0.25, -0.2) is 0 Å². The van der Waals surface area contributed by atoms with Crippen LogP contribution in [0.3, 0.4) is 0 Å². The third-order valence-corrected chi connectivity index (χ3v) is 2.47. The molecule has 16 heavy (non-hydrogen) atoms. The van der Waals surface area contributed by atoms with Crippen molar-refractivity contribution in [3.8, 4) is 5.88 Å². The van der Waals surface area contributed by atoms with Gasteiger partial charge in [-0.1, -0.05) is 22.7 Å². The molecule has 0 unspecified atom stereocenters. The smallest absolute Gasteiger partial charge is 0.267 e. The van der Waals surface area contributed by atoms with E-state index >= 15 is 0 Å². The molecule has 2 heterocycles. The highest BCUT2D eigenvalue weighted by Crippen LogP contribution is 2.29. The van der Waals surface area contributed by atoms with Crippen molar-refractivity contribution in [3.05, 3.63) is 28.9 Å². The van der Waals surface area contributed by atoms with Crippen molar-refractivity contribution in [1.29, 1.82) is 0 Å². The Hall–Kier alpha value is -1.14. The molecule has 0 spiro atoms. The van der Waals surface area contributed by atoms with Gasteiger partial charge in [0.1, 0.15) is 5.15 Å².